The van der Waals surface area contributed by atoms with Gasteiger partial charge in [-0.2, -0.15) is 0 Å². The first-order valence-electron chi connectivity index (χ1n) is 11.1. The highest BCUT2D eigenvalue weighted by Crippen LogP contribution is 2.25. The van der Waals surface area contributed by atoms with E-state index in [2.05, 4.69) is 23.8 Å². The van der Waals surface area contributed by atoms with Crippen molar-refractivity contribution < 1.29 is 9.13 Å². The maximum absolute atomic E-state index is 14.6. The number of nitrogens with zero attached hydrogens (tertiary/aromatic N) is 1. The second-order valence-corrected chi connectivity index (χ2v) is 7.94. The maximum atomic E-state index is 14.6. The van der Waals surface area contributed by atoms with Gasteiger partial charge in [-0.3, -0.25) is 4.79 Å². The fraction of sp³-hybridized carbons (Fsp3) is 0.385. The maximum Gasteiger partial charge on any atom is 0.266 e. The lowest BCUT2D eigenvalue weighted by molar-refractivity contribution is 0.0566. The summed E-state index contributed by atoms with van der Waals surface area (Å²) in [5.41, 5.74) is 3.31. The molecule has 5 heteroatoms. The lowest BCUT2D eigenvalue weighted by Crippen LogP contribution is -2.08. The third kappa shape index (κ3) is 6.86. The van der Waals surface area contributed by atoms with Crippen LogP contribution < -0.4 is 5.56 Å². The molecule has 1 heterocycles. The molecule has 0 radical (unpaired) electrons. The molecular weight excluding hydrogens is 391 g/mol. The molecule has 0 amide bonds. The Kier molecular flexibility index (Phi) is 8.53. The first kappa shape index (κ1) is 22.9. The number of rotatable bonds is 11. The number of allylic oxidation sites excluding steroid dienone is 1. The largest absolute Gasteiger partial charge is 0.379 e. The van der Waals surface area contributed by atoms with Crippen molar-refractivity contribution in [3.8, 4) is 11.1 Å². The van der Waals surface area contributed by atoms with Crippen LogP contribution in [0.15, 0.2) is 53.5 Å². The molecule has 0 saturated heterocycles. The van der Waals surface area contributed by atoms with Crippen LogP contribution in [0, 0.1) is 5.82 Å². The van der Waals surface area contributed by atoms with Gasteiger partial charge in [-0.1, -0.05) is 50.1 Å². The Labute approximate surface area is 183 Å². The molecule has 2 aromatic carbocycles. The summed E-state index contributed by atoms with van der Waals surface area (Å²) in [6.07, 6.45) is 11.9. The summed E-state index contributed by atoms with van der Waals surface area (Å²) in [6, 6.07) is 10.7. The van der Waals surface area contributed by atoms with Crippen LogP contribution in [0.5, 0.6) is 0 Å². The van der Waals surface area contributed by atoms with Crippen LogP contribution >= 0.6 is 0 Å². The smallest absolute Gasteiger partial charge is 0.266 e. The first-order chi connectivity index (χ1) is 15.1. The highest BCUT2D eigenvalue weighted by molar-refractivity contribution is 5.81. The Hall–Kier alpha value is -2.79. The molecule has 0 fully saturated rings. The zero-order valence-electron chi connectivity index (χ0n) is 18.4. The molecule has 1 atom stereocenters. The minimum Gasteiger partial charge on any atom is -0.379 e. The zero-order chi connectivity index (χ0) is 22.1. The minimum atomic E-state index is -0.254. The second kappa shape index (κ2) is 11.6. The molecule has 3 aromatic rings. The predicted octanol–water partition coefficient (Wildman–Crippen LogP) is 6.51. The van der Waals surface area contributed by atoms with Crippen molar-refractivity contribution in [3.63, 3.8) is 0 Å². The van der Waals surface area contributed by atoms with Gasteiger partial charge in [0.05, 0.1) is 23.3 Å². The summed E-state index contributed by atoms with van der Waals surface area (Å²) in [6.45, 7) is 5.15. The first-order valence-corrected chi connectivity index (χ1v) is 11.1. The highest BCUT2D eigenvalue weighted by atomic mass is 19.1. The molecule has 1 N–H and O–H groups in total. The van der Waals surface area contributed by atoms with E-state index in [0.29, 0.717) is 16.6 Å². The number of hydrogen-bond acceptors (Lipinski definition) is 3. The molecule has 1 unspecified atom stereocenters. The normalized spacial score (nSPS) is 12.6. The number of benzene rings is 2. The van der Waals surface area contributed by atoms with Gasteiger partial charge in [0.25, 0.3) is 5.56 Å². The van der Waals surface area contributed by atoms with Crippen LogP contribution in [0.4, 0.5) is 4.39 Å². The molecule has 0 spiro atoms. The summed E-state index contributed by atoms with van der Waals surface area (Å²) in [7, 11) is 0. The van der Waals surface area contributed by atoms with E-state index in [1.54, 1.807) is 18.2 Å². The van der Waals surface area contributed by atoms with E-state index < -0.39 is 0 Å². The van der Waals surface area contributed by atoms with Crippen molar-refractivity contribution in [2.45, 2.75) is 58.5 Å². The number of hydrogen-bond donors (Lipinski definition) is 1. The van der Waals surface area contributed by atoms with Gasteiger partial charge in [-0.25, -0.2) is 9.37 Å². The van der Waals surface area contributed by atoms with Crippen LogP contribution in [0.1, 0.15) is 57.9 Å². The third-order valence-corrected chi connectivity index (χ3v) is 5.34. The average Bonchev–Trinajstić information content (AvgIpc) is 2.77. The highest BCUT2D eigenvalue weighted by Gasteiger charge is 2.06. The fourth-order valence-electron chi connectivity index (χ4n) is 3.51. The lowest BCUT2D eigenvalue weighted by Gasteiger charge is -2.12. The van der Waals surface area contributed by atoms with Crippen molar-refractivity contribution in [2.75, 3.05) is 6.61 Å². The zero-order valence-corrected chi connectivity index (χ0v) is 18.4. The molecule has 3 rings (SSSR count). The van der Waals surface area contributed by atoms with Gasteiger partial charge >= 0.3 is 0 Å². The number of halogens is 1. The number of fused-ring (bicyclic) bond motifs is 1. The van der Waals surface area contributed by atoms with E-state index in [4.69, 9.17) is 4.74 Å². The lowest BCUT2D eigenvalue weighted by atomic mass is 10.0. The van der Waals surface area contributed by atoms with Gasteiger partial charge in [0.15, 0.2) is 0 Å². The molecule has 0 aliphatic heterocycles. The number of aromatic amines is 1. The van der Waals surface area contributed by atoms with Gasteiger partial charge < -0.3 is 9.72 Å². The van der Waals surface area contributed by atoms with Crippen molar-refractivity contribution >= 4 is 17.1 Å². The van der Waals surface area contributed by atoms with E-state index in [9.17, 15) is 9.18 Å². The van der Waals surface area contributed by atoms with Crippen LogP contribution in [0.3, 0.4) is 0 Å². The summed E-state index contributed by atoms with van der Waals surface area (Å²) in [5.74, 6) is -0.254. The molecule has 1 aromatic heterocycles. The fourth-order valence-corrected chi connectivity index (χ4v) is 3.51. The Bertz CT molecular complexity index is 1070. The molecule has 4 nitrogen and oxygen atoms in total. The summed E-state index contributed by atoms with van der Waals surface area (Å²) in [4.78, 5) is 18.2. The second-order valence-electron chi connectivity index (χ2n) is 7.94. The number of unbranched alkanes of at least 4 members (excludes halogenated alkanes) is 3. The Balaban J connectivity index is 1.53. The third-order valence-electron chi connectivity index (χ3n) is 5.34. The van der Waals surface area contributed by atoms with E-state index in [1.165, 1.54) is 19.0 Å². The molecule has 31 heavy (non-hydrogen) atoms. The molecule has 0 aliphatic carbocycles. The Morgan fingerprint density at radius 3 is 2.74 bits per heavy atom. The summed E-state index contributed by atoms with van der Waals surface area (Å²) >= 11 is 0. The van der Waals surface area contributed by atoms with Crippen LogP contribution in [-0.4, -0.2) is 22.7 Å². The monoisotopic (exact) mass is 422 g/mol. The molecule has 0 bridgehead atoms. The van der Waals surface area contributed by atoms with Crippen LogP contribution in [-0.2, 0) is 4.74 Å². The van der Waals surface area contributed by atoms with E-state index in [1.807, 2.05) is 30.4 Å². The summed E-state index contributed by atoms with van der Waals surface area (Å²) < 4.78 is 20.4. The average molecular weight is 423 g/mol. The van der Waals surface area contributed by atoms with E-state index in [-0.39, 0.29) is 17.5 Å². The standard InChI is InChI=1S/C26H31FN2O2/c1-3-4-8-15-31-19(2)9-6-5-7-10-20-11-12-21(16-23(20)27)22-13-14-24-25(17-22)28-18-26(30)29-24/h7,10-14,16-19H,3-6,8-9,15H2,1-2H3,(H,29,30)/b10-7+. The van der Waals surface area contributed by atoms with E-state index >= 15 is 0 Å². The number of H-pyrrole nitrogens is 1. The van der Waals surface area contributed by atoms with Gasteiger partial charge in [-0.05, 0) is 61.9 Å². The van der Waals surface area contributed by atoms with Crippen molar-refractivity contribution in [3.05, 3.63) is 70.4 Å². The van der Waals surface area contributed by atoms with Gasteiger partial charge in [0, 0.05) is 12.2 Å². The van der Waals surface area contributed by atoms with Gasteiger partial charge in [0.1, 0.15) is 5.82 Å². The van der Waals surface area contributed by atoms with Crippen LogP contribution in [0.25, 0.3) is 28.2 Å². The quantitative estimate of drug-likeness (QED) is 0.359. The number of ether oxygens (including phenoxy) is 1. The molecule has 0 aliphatic rings. The van der Waals surface area contributed by atoms with Crippen molar-refractivity contribution in [1.82, 2.24) is 9.97 Å². The predicted molar refractivity (Wildman–Crippen MR) is 126 cm³/mol. The topological polar surface area (TPSA) is 55.0 Å². The van der Waals surface area contributed by atoms with Crippen LogP contribution in [0.2, 0.25) is 0 Å². The van der Waals surface area contributed by atoms with Gasteiger partial charge in [-0.15, -0.1) is 0 Å². The minimum absolute atomic E-state index is 0.239. The number of aromatic nitrogens is 2. The van der Waals surface area contributed by atoms with Crippen molar-refractivity contribution in [2.24, 2.45) is 0 Å². The molecular formula is C26H31FN2O2. The SMILES string of the molecule is CCCCCOC(C)CCC/C=C/c1ccc(-c2ccc3[nH]c(=O)cnc3c2)cc1F. The van der Waals surface area contributed by atoms with Gasteiger partial charge in [0.2, 0.25) is 0 Å². The van der Waals surface area contributed by atoms with E-state index in [0.717, 1.165) is 43.4 Å². The Morgan fingerprint density at radius 2 is 1.94 bits per heavy atom. The Morgan fingerprint density at radius 1 is 1.13 bits per heavy atom. The van der Waals surface area contributed by atoms with Crippen molar-refractivity contribution in [1.29, 1.82) is 0 Å². The molecule has 164 valence electrons. The number of nitrogens with one attached hydrogen (secondary N) is 1. The summed E-state index contributed by atoms with van der Waals surface area (Å²) in [5, 5.41) is 0. The molecule has 0 saturated carbocycles.